The van der Waals surface area contributed by atoms with Crippen LogP contribution in [0.3, 0.4) is 0 Å². The molecule has 124 valence electrons. The van der Waals surface area contributed by atoms with Gasteiger partial charge in [0.25, 0.3) is 5.91 Å². The van der Waals surface area contributed by atoms with Gasteiger partial charge in [-0.25, -0.2) is 0 Å². The standard InChI is InChI=1S/C20H16N2O3/c1-24-13-4-2-11(3-5-13)19-18-17-15(25-19)7-6-14-16(17)12(10-22-14)8-9-21-20(18)23/h2-7,10,22H,8-9H2,1H3,(H,21,23). The Morgan fingerprint density at radius 1 is 1.08 bits per heavy atom. The molecule has 5 nitrogen and oxygen atoms in total. The first-order chi connectivity index (χ1) is 12.3. The molecule has 5 rings (SSSR count). The third-order valence-corrected chi connectivity index (χ3v) is 4.84. The third-order valence-electron chi connectivity index (χ3n) is 4.84. The predicted octanol–water partition coefficient (Wildman–Crippen LogP) is 3.88. The van der Waals surface area contributed by atoms with E-state index in [1.165, 1.54) is 5.56 Å². The van der Waals surface area contributed by atoms with Crippen LogP contribution in [-0.4, -0.2) is 24.5 Å². The zero-order valence-electron chi connectivity index (χ0n) is 13.7. The van der Waals surface area contributed by atoms with Gasteiger partial charge in [0, 0.05) is 34.6 Å². The molecule has 5 heteroatoms. The predicted molar refractivity (Wildman–Crippen MR) is 96.1 cm³/mol. The molecule has 1 aliphatic rings. The minimum absolute atomic E-state index is 0.0936. The van der Waals surface area contributed by atoms with Crippen LogP contribution in [0.4, 0.5) is 0 Å². The number of benzene rings is 2. The number of nitrogens with one attached hydrogen (secondary N) is 2. The highest BCUT2D eigenvalue weighted by atomic mass is 16.5. The van der Waals surface area contributed by atoms with Crippen molar-refractivity contribution in [3.8, 4) is 17.1 Å². The van der Waals surface area contributed by atoms with Gasteiger partial charge in [-0.2, -0.15) is 0 Å². The van der Waals surface area contributed by atoms with Gasteiger partial charge in [0.2, 0.25) is 0 Å². The first-order valence-electron chi connectivity index (χ1n) is 8.24. The van der Waals surface area contributed by atoms with E-state index < -0.39 is 0 Å². The number of carbonyl (C=O) groups is 1. The Balaban J connectivity index is 1.87. The van der Waals surface area contributed by atoms with Crippen molar-refractivity contribution in [1.82, 2.24) is 10.3 Å². The summed E-state index contributed by atoms with van der Waals surface area (Å²) in [5.41, 5.74) is 4.41. The molecule has 0 spiro atoms. The molecule has 0 saturated carbocycles. The number of hydrogen-bond acceptors (Lipinski definition) is 3. The van der Waals surface area contributed by atoms with E-state index in [1.807, 2.05) is 42.6 Å². The maximum atomic E-state index is 12.8. The Bertz CT molecular complexity index is 1120. The molecule has 2 aromatic carbocycles. The van der Waals surface area contributed by atoms with Crippen molar-refractivity contribution in [3.63, 3.8) is 0 Å². The van der Waals surface area contributed by atoms with E-state index in [2.05, 4.69) is 10.3 Å². The lowest BCUT2D eigenvalue weighted by molar-refractivity contribution is 0.0955. The summed E-state index contributed by atoms with van der Waals surface area (Å²) in [6.45, 7) is 0.606. The van der Waals surface area contributed by atoms with Gasteiger partial charge >= 0.3 is 0 Å². The molecule has 1 amide bonds. The summed E-state index contributed by atoms with van der Waals surface area (Å²) in [5.74, 6) is 1.27. The second-order valence-corrected chi connectivity index (χ2v) is 6.22. The van der Waals surface area contributed by atoms with E-state index in [-0.39, 0.29) is 5.91 Å². The van der Waals surface area contributed by atoms with Gasteiger partial charge in [-0.3, -0.25) is 4.79 Å². The van der Waals surface area contributed by atoms with Gasteiger partial charge in [0.15, 0.2) is 0 Å². The van der Waals surface area contributed by atoms with Crippen LogP contribution < -0.4 is 10.1 Å². The lowest BCUT2D eigenvalue weighted by atomic mass is 9.98. The Kier molecular flexibility index (Phi) is 2.91. The number of aromatic nitrogens is 1. The summed E-state index contributed by atoms with van der Waals surface area (Å²) in [6, 6.07) is 11.5. The zero-order valence-corrected chi connectivity index (χ0v) is 13.7. The summed E-state index contributed by atoms with van der Waals surface area (Å²) in [5, 5.41) is 4.97. The van der Waals surface area contributed by atoms with Gasteiger partial charge < -0.3 is 19.5 Å². The molecule has 2 aromatic heterocycles. The van der Waals surface area contributed by atoms with Crippen LogP contribution in [0.2, 0.25) is 0 Å². The van der Waals surface area contributed by atoms with E-state index in [1.54, 1.807) is 7.11 Å². The van der Waals surface area contributed by atoms with Crippen molar-refractivity contribution in [1.29, 1.82) is 0 Å². The normalized spacial score (nSPS) is 13.9. The Labute approximate surface area is 143 Å². The molecule has 25 heavy (non-hydrogen) atoms. The van der Waals surface area contributed by atoms with E-state index in [0.717, 1.165) is 39.6 Å². The van der Waals surface area contributed by atoms with E-state index >= 15 is 0 Å². The molecule has 0 aliphatic carbocycles. The number of amides is 1. The zero-order chi connectivity index (χ0) is 17.0. The summed E-state index contributed by atoms with van der Waals surface area (Å²) >= 11 is 0. The Hall–Kier alpha value is -3.21. The number of ether oxygens (including phenoxy) is 1. The molecule has 0 bridgehead atoms. The second kappa shape index (κ2) is 5.14. The Morgan fingerprint density at radius 2 is 1.92 bits per heavy atom. The topological polar surface area (TPSA) is 67.3 Å². The van der Waals surface area contributed by atoms with Crippen LogP contribution in [0.1, 0.15) is 15.9 Å². The molecule has 0 unspecified atom stereocenters. The number of methoxy groups -OCH3 is 1. The molecule has 3 heterocycles. The highest BCUT2D eigenvalue weighted by molar-refractivity contribution is 6.20. The largest absolute Gasteiger partial charge is 0.497 e. The highest BCUT2D eigenvalue weighted by Crippen LogP contribution is 2.39. The minimum atomic E-state index is -0.0936. The molecule has 0 saturated heterocycles. The van der Waals surface area contributed by atoms with E-state index in [0.29, 0.717) is 17.9 Å². The quantitative estimate of drug-likeness (QED) is 0.585. The van der Waals surface area contributed by atoms with Crippen molar-refractivity contribution in [2.24, 2.45) is 0 Å². The fraction of sp³-hybridized carbons (Fsp3) is 0.150. The van der Waals surface area contributed by atoms with Crippen LogP contribution in [0.5, 0.6) is 5.75 Å². The van der Waals surface area contributed by atoms with Gasteiger partial charge in [0.05, 0.1) is 12.7 Å². The van der Waals surface area contributed by atoms with Crippen molar-refractivity contribution in [3.05, 3.63) is 53.7 Å². The van der Waals surface area contributed by atoms with Crippen molar-refractivity contribution in [2.75, 3.05) is 13.7 Å². The molecular formula is C20H16N2O3. The number of furan rings is 1. The molecule has 4 aromatic rings. The number of H-pyrrole nitrogens is 1. The van der Waals surface area contributed by atoms with Crippen molar-refractivity contribution >= 4 is 27.8 Å². The maximum absolute atomic E-state index is 12.8. The first-order valence-corrected chi connectivity index (χ1v) is 8.24. The fourth-order valence-corrected chi connectivity index (χ4v) is 3.64. The number of rotatable bonds is 2. The first kappa shape index (κ1) is 14.2. The highest BCUT2D eigenvalue weighted by Gasteiger charge is 2.26. The maximum Gasteiger partial charge on any atom is 0.255 e. The molecule has 0 fully saturated rings. The minimum Gasteiger partial charge on any atom is -0.497 e. The average molecular weight is 332 g/mol. The molecule has 2 N–H and O–H groups in total. The third kappa shape index (κ3) is 1.99. The second-order valence-electron chi connectivity index (χ2n) is 6.22. The summed E-state index contributed by atoms with van der Waals surface area (Å²) in [7, 11) is 1.63. The fourth-order valence-electron chi connectivity index (χ4n) is 3.64. The Morgan fingerprint density at radius 3 is 2.72 bits per heavy atom. The monoisotopic (exact) mass is 332 g/mol. The van der Waals surface area contributed by atoms with Gasteiger partial charge in [0.1, 0.15) is 17.1 Å². The number of aromatic amines is 1. The van der Waals surface area contributed by atoms with Gasteiger partial charge in [-0.05, 0) is 48.4 Å². The molecular weight excluding hydrogens is 316 g/mol. The van der Waals surface area contributed by atoms with Crippen LogP contribution >= 0.6 is 0 Å². The summed E-state index contributed by atoms with van der Waals surface area (Å²) in [4.78, 5) is 16.1. The number of carbonyl (C=O) groups excluding carboxylic acids is 1. The van der Waals surface area contributed by atoms with Crippen molar-refractivity contribution < 1.29 is 13.9 Å². The van der Waals surface area contributed by atoms with Gasteiger partial charge in [-0.15, -0.1) is 0 Å². The average Bonchev–Trinajstić information content (AvgIpc) is 3.21. The van der Waals surface area contributed by atoms with Gasteiger partial charge in [-0.1, -0.05) is 0 Å². The van der Waals surface area contributed by atoms with Crippen LogP contribution in [-0.2, 0) is 6.42 Å². The SMILES string of the molecule is COc1ccc(-c2oc3ccc4[nH]cc5c4c3c2C(=O)NCC5)cc1. The lowest BCUT2D eigenvalue weighted by Gasteiger charge is -2.10. The van der Waals surface area contributed by atoms with E-state index in [9.17, 15) is 4.79 Å². The molecule has 0 atom stereocenters. The molecule has 1 aliphatic heterocycles. The summed E-state index contributed by atoms with van der Waals surface area (Å²) < 4.78 is 11.3. The van der Waals surface area contributed by atoms with Crippen LogP contribution in [0.15, 0.2) is 47.0 Å². The number of hydrogen-bond donors (Lipinski definition) is 2. The summed E-state index contributed by atoms with van der Waals surface area (Å²) in [6.07, 6.45) is 2.82. The van der Waals surface area contributed by atoms with Crippen LogP contribution in [0, 0.1) is 0 Å². The van der Waals surface area contributed by atoms with E-state index in [4.69, 9.17) is 9.15 Å². The molecule has 0 radical (unpaired) electrons. The lowest BCUT2D eigenvalue weighted by Crippen LogP contribution is -2.26. The van der Waals surface area contributed by atoms with Crippen molar-refractivity contribution in [2.45, 2.75) is 6.42 Å². The van der Waals surface area contributed by atoms with Crippen LogP contribution in [0.25, 0.3) is 33.2 Å². The smallest absolute Gasteiger partial charge is 0.255 e.